The van der Waals surface area contributed by atoms with Crippen LogP contribution in [0.25, 0.3) is 22.3 Å². The molecule has 1 saturated carbocycles. The minimum Gasteiger partial charge on any atom is -0.491 e. The van der Waals surface area contributed by atoms with Gasteiger partial charge in [0.15, 0.2) is 16.6 Å². The first-order valence-electron chi connectivity index (χ1n) is 9.42. The van der Waals surface area contributed by atoms with Crippen molar-refractivity contribution in [3.63, 3.8) is 0 Å². The highest BCUT2D eigenvalue weighted by molar-refractivity contribution is 6.39. The second-order valence-electron chi connectivity index (χ2n) is 7.08. The summed E-state index contributed by atoms with van der Waals surface area (Å²) in [6.07, 6.45) is 1.92. The van der Waals surface area contributed by atoms with Crippen molar-refractivity contribution in [3.8, 4) is 17.1 Å². The topological polar surface area (TPSA) is 86.0 Å². The molecule has 4 rings (SSSR count). The van der Waals surface area contributed by atoms with Crippen molar-refractivity contribution in [2.75, 3.05) is 13.2 Å². The van der Waals surface area contributed by atoms with E-state index in [-0.39, 0.29) is 34.6 Å². The molecule has 0 bridgehead atoms. The molecule has 2 aromatic carbocycles. The molecule has 156 valence electrons. The SMILES string of the molecule is O=C(O)C1(OCCOc2ccc(-c3cc(=O)c4c(Cl)ccc(Cl)c4o3)cc2)CCC1. The van der Waals surface area contributed by atoms with Gasteiger partial charge in [-0.15, -0.1) is 0 Å². The second kappa shape index (κ2) is 8.30. The highest BCUT2D eigenvalue weighted by Crippen LogP contribution is 2.36. The summed E-state index contributed by atoms with van der Waals surface area (Å²) in [6, 6.07) is 11.5. The third-order valence-electron chi connectivity index (χ3n) is 5.20. The Bertz CT molecular complexity index is 1150. The molecule has 3 aromatic rings. The minimum absolute atomic E-state index is 0.187. The second-order valence-corrected chi connectivity index (χ2v) is 7.90. The van der Waals surface area contributed by atoms with E-state index in [1.807, 2.05) is 0 Å². The van der Waals surface area contributed by atoms with Crippen LogP contribution in [0, 0.1) is 0 Å². The maximum atomic E-state index is 12.5. The summed E-state index contributed by atoms with van der Waals surface area (Å²) in [5.41, 5.74) is -0.412. The average molecular weight is 449 g/mol. The Morgan fingerprint density at radius 2 is 1.77 bits per heavy atom. The fourth-order valence-corrected chi connectivity index (χ4v) is 3.80. The van der Waals surface area contributed by atoms with Gasteiger partial charge in [0.1, 0.15) is 18.1 Å². The lowest BCUT2D eigenvalue weighted by Gasteiger charge is -2.37. The molecular weight excluding hydrogens is 431 g/mol. The lowest BCUT2D eigenvalue weighted by Crippen LogP contribution is -2.48. The summed E-state index contributed by atoms with van der Waals surface area (Å²) in [6.45, 7) is 0.417. The van der Waals surface area contributed by atoms with E-state index < -0.39 is 11.6 Å². The number of carboxylic acids is 1. The van der Waals surface area contributed by atoms with Crippen molar-refractivity contribution < 1.29 is 23.8 Å². The Morgan fingerprint density at radius 3 is 2.40 bits per heavy atom. The minimum atomic E-state index is -1.05. The molecule has 1 fully saturated rings. The molecule has 1 aliphatic rings. The third kappa shape index (κ3) is 3.90. The largest absolute Gasteiger partial charge is 0.491 e. The predicted molar refractivity (Wildman–Crippen MR) is 114 cm³/mol. The van der Waals surface area contributed by atoms with E-state index in [0.29, 0.717) is 34.9 Å². The molecule has 6 nitrogen and oxygen atoms in total. The van der Waals surface area contributed by atoms with Crippen LogP contribution in [-0.4, -0.2) is 29.9 Å². The number of ether oxygens (including phenoxy) is 2. The lowest BCUT2D eigenvalue weighted by atomic mass is 9.80. The standard InChI is InChI=1S/C22H18Cl2O6/c23-15-6-7-16(24)20-19(15)17(25)12-18(30-20)13-2-4-14(5-3-13)28-10-11-29-22(21(26)27)8-1-9-22/h2-7,12H,1,8-11H2,(H,26,27). The van der Waals surface area contributed by atoms with Crippen LogP contribution < -0.4 is 10.2 Å². The highest BCUT2D eigenvalue weighted by atomic mass is 35.5. The van der Waals surface area contributed by atoms with E-state index >= 15 is 0 Å². The van der Waals surface area contributed by atoms with Crippen molar-refractivity contribution in [3.05, 3.63) is 62.7 Å². The van der Waals surface area contributed by atoms with Gasteiger partial charge in [0.05, 0.1) is 22.0 Å². The van der Waals surface area contributed by atoms with Crippen LogP contribution in [-0.2, 0) is 9.53 Å². The zero-order chi connectivity index (χ0) is 21.3. The first-order chi connectivity index (χ1) is 14.4. The van der Waals surface area contributed by atoms with Gasteiger partial charge in [0, 0.05) is 11.6 Å². The molecule has 30 heavy (non-hydrogen) atoms. The van der Waals surface area contributed by atoms with Gasteiger partial charge in [0.25, 0.3) is 0 Å². The summed E-state index contributed by atoms with van der Waals surface area (Å²) in [7, 11) is 0. The van der Waals surface area contributed by atoms with Crippen molar-refractivity contribution in [2.45, 2.75) is 24.9 Å². The summed E-state index contributed by atoms with van der Waals surface area (Å²) in [5, 5.41) is 10.1. The van der Waals surface area contributed by atoms with Crippen LogP contribution >= 0.6 is 23.2 Å². The van der Waals surface area contributed by atoms with E-state index in [4.69, 9.17) is 37.1 Å². The van der Waals surface area contributed by atoms with Crippen molar-refractivity contribution in [2.24, 2.45) is 0 Å². The zero-order valence-corrected chi connectivity index (χ0v) is 17.3. The smallest absolute Gasteiger partial charge is 0.335 e. The van der Waals surface area contributed by atoms with Gasteiger partial charge in [0.2, 0.25) is 0 Å². The molecule has 8 heteroatoms. The van der Waals surface area contributed by atoms with Crippen LogP contribution in [0.5, 0.6) is 5.75 Å². The van der Waals surface area contributed by atoms with Crippen LogP contribution in [0.1, 0.15) is 19.3 Å². The Hall–Kier alpha value is -2.54. The van der Waals surface area contributed by atoms with Gasteiger partial charge in [-0.1, -0.05) is 23.2 Å². The maximum Gasteiger partial charge on any atom is 0.335 e. The number of aliphatic carboxylic acids is 1. The molecular formula is C22H18Cl2O6. The number of carboxylic acid groups (broad SMARTS) is 1. The predicted octanol–water partition coefficient (Wildman–Crippen LogP) is 5.17. The van der Waals surface area contributed by atoms with Gasteiger partial charge in [-0.2, -0.15) is 0 Å². The molecule has 0 amide bonds. The van der Waals surface area contributed by atoms with Crippen LogP contribution in [0.3, 0.4) is 0 Å². The Morgan fingerprint density at radius 1 is 1.07 bits per heavy atom. The van der Waals surface area contributed by atoms with Gasteiger partial charge in [-0.05, 0) is 55.7 Å². The fraction of sp³-hybridized carbons (Fsp3) is 0.273. The quantitative estimate of drug-likeness (QED) is 0.501. The number of halogens is 2. The Kier molecular flexibility index (Phi) is 5.73. The van der Waals surface area contributed by atoms with Gasteiger partial charge < -0.3 is 19.0 Å². The van der Waals surface area contributed by atoms with Gasteiger partial charge in [-0.25, -0.2) is 4.79 Å². The van der Waals surface area contributed by atoms with E-state index in [0.717, 1.165) is 6.42 Å². The number of fused-ring (bicyclic) bond motifs is 1. The van der Waals surface area contributed by atoms with E-state index in [1.165, 1.54) is 6.07 Å². The highest BCUT2D eigenvalue weighted by Gasteiger charge is 2.45. The number of carbonyl (C=O) groups is 1. The average Bonchev–Trinajstić information content (AvgIpc) is 2.69. The van der Waals surface area contributed by atoms with Crippen LogP contribution in [0.4, 0.5) is 0 Å². The molecule has 0 spiro atoms. The van der Waals surface area contributed by atoms with Gasteiger partial charge in [-0.3, -0.25) is 4.79 Å². The maximum absolute atomic E-state index is 12.5. The monoisotopic (exact) mass is 448 g/mol. The summed E-state index contributed by atoms with van der Waals surface area (Å²) >= 11 is 12.3. The van der Waals surface area contributed by atoms with Crippen molar-refractivity contribution in [1.29, 1.82) is 0 Å². The molecule has 1 aromatic heterocycles. The lowest BCUT2D eigenvalue weighted by molar-refractivity contribution is -0.179. The molecule has 1 N–H and O–H groups in total. The van der Waals surface area contributed by atoms with Crippen molar-refractivity contribution >= 4 is 40.1 Å². The summed E-state index contributed by atoms with van der Waals surface area (Å²) < 4.78 is 17.0. The van der Waals surface area contributed by atoms with Crippen molar-refractivity contribution in [1.82, 2.24) is 0 Å². The van der Waals surface area contributed by atoms with E-state index in [2.05, 4.69) is 0 Å². The normalized spacial score (nSPS) is 15.0. The number of benzene rings is 2. The molecule has 0 unspecified atom stereocenters. The first kappa shape index (κ1) is 20.7. The van der Waals surface area contributed by atoms with E-state index in [9.17, 15) is 14.7 Å². The van der Waals surface area contributed by atoms with E-state index in [1.54, 1.807) is 36.4 Å². The number of hydrogen-bond donors (Lipinski definition) is 1. The zero-order valence-electron chi connectivity index (χ0n) is 15.8. The number of rotatable bonds is 7. The van der Waals surface area contributed by atoms with Crippen LogP contribution in [0.15, 0.2) is 51.7 Å². The molecule has 0 aliphatic heterocycles. The molecule has 1 heterocycles. The molecule has 0 radical (unpaired) electrons. The fourth-order valence-electron chi connectivity index (χ4n) is 3.37. The summed E-state index contributed by atoms with van der Waals surface area (Å²) in [4.78, 5) is 23.7. The number of hydrogen-bond acceptors (Lipinski definition) is 5. The Balaban J connectivity index is 1.44. The van der Waals surface area contributed by atoms with Crippen LogP contribution in [0.2, 0.25) is 10.0 Å². The molecule has 0 atom stereocenters. The molecule has 1 aliphatic carbocycles. The third-order valence-corrected chi connectivity index (χ3v) is 5.81. The Labute approximate surface area is 181 Å². The molecule has 0 saturated heterocycles. The summed E-state index contributed by atoms with van der Waals surface area (Å²) in [5.74, 6) is 0.0286. The first-order valence-corrected chi connectivity index (χ1v) is 10.2. The van der Waals surface area contributed by atoms with Gasteiger partial charge >= 0.3 is 5.97 Å².